The van der Waals surface area contributed by atoms with Gasteiger partial charge in [0.05, 0.1) is 0 Å². The fourth-order valence-corrected chi connectivity index (χ4v) is 1.18. The maximum Gasteiger partial charge on any atom is 0.241 e. The molecule has 2 rings (SSSR count). The number of H-pyrrole nitrogens is 1. The molecule has 0 amide bonds. The Morgan fingerprint density at radius 2 is 2.00 bits per heavy atom. The first-order valence-electron chi connectivity index (χ1n) is 3.90. The standard InChI is InChI=1S/C8H11NO2/c1-2-3-8-10-6-4-9-5-7(6)11-8/h4-5,8-9H,2-3H2,1H3. The fraction of sp³-hybridized carbons (Fsp3) is 0.500. The van der Waals surface area contributed by atoms with Crippen LogP contribution in [0.3, 0.4) is 0 Å². The van der Waals surface area contributed by atoms with Gasteiger partial charge in [-0.25, -0.2) is 0 Å². The summed E-state index contributed by atoms with van der Waals surface area (Å²) in [6, 6.07) is 0. The number of rotatable bonds is 2. The smallest absolute Gasteiger partial charge is 0.241 e. The van der Waals surface area contributed by atoms with Crippen LogP contribution in [0.2, 0.25) is 0 Å². The first-order valence-corrected chi connectivity index (χ1v) is 3.90. The van der Waals surface area contributed by atoms with Gasteiger partial charge < -0.3 is 14.5 Å². The molecule has 0 bridgehead atoms. The van der Waals surface area contributed by atoms with Crippen LogP contribution >= 0.6 is 0 Å². The molecule has 60 valence electrons. The lowest BCUT2D eigenvalue weighted by Gasteiger charge is -2.07. The van der Waals surface area contributed by atoms with Crippen molar-refractivity contribution in [2.45, 2.75) is 26.1 Å². The largest absolute Gasteiger partial charge is 0.449 e. The third-order valence-corrected chi connectivity index (χ3v) is 1.71. The Hall–Kier alpha value is -1.12. The zero-order valence-corrected chi connectivity index (χ0v) is 6.46. The molecule has 0 aliphatic carbocycles. The lowest BCUT2D eigenvalue weighted by Crippen LogP contribution is -2.17. The fourth-order valence-electron chi connectivity index (χ4n) is 1.18. The highest BCUT2D eigenvalue weighted by atomic mass is 16.7. The minimum atomic E-state index is -0.0559. The number of ether oxygens (including phenoxy) is 2. The minimum absolute atomic E-state index is 0.0559. The highest BCUT2D eigenvalue weighted by Gasteiger charge is 2.23. The number of aromatic nitrogens is 1. The Labute approximate surface area is 65.3 Å². The minimum Gasteiger partial charge on any atom is -0.449 e. The van der Waals surface area contributed by atoms with E-state index in [-0.39, 0.29) is 6.29 Å². The molecule has 1 aromatic heterocycles. The average Bonchev–Trinajstić information content (AvgIpc) is 2.46. The van der Waals surface area contributed by atoms with Gasteiger partial charge in [-0.15, -0.1) is 0 Å². The molecular weight excluding hydrogens is 142 g/mol. The lowest BCUT2D eigenvalue weighted by atomic mass is 10.3. The Kier molecular flexibility index (Phi) is 1.49. The molecule has 0 unspecified atom stereocenters. The third kappa shape index (κ3) is 1.06. The summed E-state index contributed by atoms with van der Waals surface area (Å²) in [5.41, 5.74) is 0. The highest BCUT2D eigenvalue weighted by molar-refractivity contribution is 5.39. The zero-order chi connectivity index (χ0) is 7.68. The van der Waals surface area contributed by atoms with Gasteiger partial charge in [0.2, 0.25) is 6.29 Å². The molecule has 0 fully saturated rings. The van der Waals surface area contributed by atoms with Crippen molar-refractivity contribution in [2.75, 3.05) is 0 Å². The van der Waals surface area contributed by atoms with Crippen LogP contribution < -0.4 is 9.47 Å². The summed E-state index contributed by atoms with van der Waals surface area (Å²) in [5.74, 6) is 1.67. The number of aromatic amines is 1. The van der Waals surface area contributed by atoms with E-state index in [1.54, 1.807) is 0 Å². The quantitative estimate of drug-likeness (QED) is 0.704. The normalized spacial score (nSPS) is 15.7. The second-order valence-electron chi connectivity index (χ2n) is 2.64. The van der Waals surface area contributed by atoms with E-state index in [0.717, 1.165) is 24.3 Å². The predicted octanol–water partition coefficient (Wildman–Crippen LogP) is 1.91. The van der Waals surface area contributed by atoms with E-state index in [9.17, 15) is 0 Å². The Bertz CT molecular complexity index is 223. The van der Waals surface area contributed by atoms with E-state index in [4.69, 9.17) is 9.47 Å². The van der Waals surface area contributed by atoms with Crippen LogP contribution in [-0.4, -0.2) is 11.3 Å². The molecule has 0 saturated carbocycles. The Morgan fingerprint density at radius 3 is 2.55 bits per heavy atom. The van der Waals surface area contributed by atoms with Crippen molar-refractivity contribution in [1.29, 1.82) is 0 Å². The van der Waals surface area contributed by atoms with Crippen LogP contribution in [0, 0.1) is 0 Å². The van der Waals surface area contributed by atoms with Crippen molar-refractivity contribution in [3.8, 4) is 11.5 Å². The van der Waals surface area contributed by atoms with Crippen LogP contribution in [0.15, 0.2) is 12.4 Å². The van der Waals surface area contributed by atoms with Gasteiger partial charge in [0.15, 0.2) is 11.5 Å². The maximum atomic E-state index is 5.43. The van der Waals surface area contributed by atoms with E-state index in [0.29, 0.717) is 0 Å². The molecule has 1 aliphatic rings. The summed E-state index contributed by atoms with van der Waals surface area (Å²) < 4.78 is 10.9. The molecular formula is C8H11NO2. The first kappa shape index (κ1) is 6.58. The molecule has 1 aliphatic heterocycles. The molecule has 0 radical (unpaired) electrons. The molecule has 0 aromatic carbocycles. The molecule has 2 heterocycles. The molecule has 1 aromatic rings. The molecule has 11 heavy (non-hydrogen) atoms. The molecule has 0 saturated heterocycles. The van der Waals surface area contributed by atoms with Crippen molar-refractivity contribution in [1.82, 2.24) is 4.98 Å². The first-order chi connectivity index (χ1) is 5.40. The third-order valence-electron chi connectivity index (χ3n) is 1.71. The van der Waals surface area contributed by atoms with Crippen LogP contribution in [0.4, 0.5) is 0 Å². The number of nitrogens with one attached hydrogen (secondary N) is 1. The van der Waals surface area contributed by atoms with E-state index >= 15 is 0 Å². The van der Waals surface area contributed by atoms with Gasteiger partial charge in [-0.05, 0) is 6.42 Å². The van der Waals surface area contributed by atoms with Gasteiger partial charge in [-0.3, -0.25) is 0 Å². The Balaban J connectivity index is 2.04. The van der Waals surface area contributed by atoms with Gasteiger partial charge >= 0.3 is 0 Å². The van der Waals surface area contributed by atoms with Crippen molar-refractivity contribution >= 4 is 0 Å². The van der Waals surface area contributed by atoms with Gasteiger partial charge in [-0.2, -0.15) is 0 Å². The van der Waals surface area contributed by atoms with Crippen LogP contribution in [0.5, 0.6) is 11.5 Å². The van der Waals surface area contributed by atoms with Crippen molar-refractivity contribution in [2.24, 2.45) is 0 Å². The number of hydrogen-bond donors (Lipinski definition) is 1. The van der Waals surface area contributed by atoms with Gasteiger partial charge in [-0.1, -0.05) is 6.92 Å². The SMILES string of the molecule is CCCC1Oc2c[nH]cc2O1. The van der Waals surface area contributed by atoms with E-state index in [1.165, 1.54) is 0 Å². The Morgan fingerprint density at radius 1 is 1.36 bits per heavy atom. The summed E-state index contributed by atoms with van der Waals surface area (Å²) in [5, 5.41) is 0. The summed E-state index contributed by atoms with van der Waals surface area (Å²) in [4.78, 5) is 2.91. The average molecular weight is 153 g/mol. The summed E-state index contributed by atoms with van der Waals surface area (Å²) in [6.07, 6.45) is 5.60. The highest BCUT2D eigenvalue weighted by Crippen LogP contribution is 2.34. The van der Waals surface area contributed by atoms with Crippen LogP contribution in [0.25, 0.3) is 0 Å². The van der Waals surface area contributed by atoms with Crippen molar-refractivity contribution in [3.63, 3.8) is 0 Å². The molecule has 0 spiro atoms. The summed E-state index contributed by atoms with van der Waals surface area (Å²) in [6.45, 7) is 2.11. The van der Waals surface area contributed by atoms with E-state index in [2.05, 4.69) is 11.9 Å². The van der Waals surface area contributed by atoms with E-state index < -0.39 is 0 Å². The molecule has 3 nitrogen and oxygen atoms in total. The summed E-state index contributed by atoms with van der Waals surface area (Å²) >= 11 is 0. The monoisotopic (exact) mass is 153 g/mol. The van der Waals surface area contributed by atoms with Crippen molar-refractivity contribution < 1.29 is 9.47 Å². The van der Waals surface area contributed by atoms with Gasteiger partial charge in [0.1, 0.15) is 0 Å². The number of fused-ring (bicyclic) bond motifs is 1. The lowest BCUT2D eigenvalue weighted by molar-refractivity contribution is 0.0402. The van der Waals surface area contributed by atoms with E-state index in [1.807, 2.05) is 12.4 Å². The molecule has 3 heteroatoms. The molecule has 0 atom stereocenters. The summed E-state index contributed by atoms with van der Waals surface area (Å²) in [7, 11) is 0. The zero-order valence-electron chi connectivity index (χ0n) is 6.46. The second-order valence-corrected chi connectivity index (χ2v) is 2.64. The second kappa shape index (κ2) is 2.49. The predicted molar refractivity (Wildman–Crippen MR) is 40.7 cm³/mol. The van der Waals surface area contributed by atoms with Crippen LogP contribution in [0.1, 0.15) is 19.8 Å². The van der Waals surface area contributed by atoms with Crippen LogP contribution in [-0.2, 0) is 0 Å². The van der Waals surface area contributed by atoms with Gasteiger partial charge in [0.25, 0.3) is 0 Å². The van der Waals surface area contributed by atoms with Crippen molar-refractivity contribution in [3.05, 3.63) is 12.4 Å². The number of hydrogen-bond acceptors (Lipinski definition) is 2. The maximum absolute atomic E-state index is 5.43. The van der Waals surface area contributed by atoms with Gasteiger partial charge in [0, 0.05) is 18.8 Å². The topological polar surface area (TPSA) is 34.2 Å². The molecule has 1 N–H and O–H groups in total.